The molecule has 1 aliphatic carbocycles. The fourth-order valence-corrected chi connectivity index (χ4v) is 3.16. The molecule has 3 rings (SSSR count). The van der Waals surface area contributed by atoms with Crippen molar-refractivity contribution < 1.29 is 5.21 Å². The molecule has 0 bridgehead atoms. The van der Waals surface area contributed by atoms with Gasteiger partial charge in [-0.05, 0) is 29.9 Å². The van der Waals surface area contributed by atoms with Crippen LogP contribution in [0.5, 0.6) is 0 Å². The first-order chi connectivity index (χ1) is 10.3. The number of nitrogens with two attached hydrogens (primary N) is 1. The first kappa shape index (κ1) is 14.1. The number of nitrogens with zero attached hydrogens (tertiary/aromatic N) is 2. The fourth-order valence-electron chi connectivity index (χ4n) is 2.43. The second kappa shape index (κ2) is 6.28. The van der Waals surface area contributed by atoms with Gasteiger partial charge in [0, 0.05) is 29.6 Å². The molecular weight excluding hydrogens is 282 g/mol. The Hall–Kier alpha value is -1.85. The number of oxime groups is 1. The maximum atomic E-state index is 8.68. The zero-order chi connectivity index (χ0) is 14.7. The Labute approximate surface area is 128 Å². The number of rotatable bonds is 6. The van der Waals surface area contributed by atoms with Crippen LogP contribution in [0, 0.1) is 0 Å². The van der Waals surface area contributed by atoms with Crippen molar-refractivity contribution in [2.75, 3.05) is 0 Å². The largest absolute Gasteiger partial charge is 0.409 e. The third-order valence-electron chi connectivity index (χ3n) is 3.75. The average molecular weight is 301 g/mol. The maximum absolute atomic E-state index is 8.68. The van der Waals surface area contributed by atoms with Crippen LogP contribution in [0.25, 0.3) is 0 Å². The zero-order valence-corrected chi connectivity index (χ0v) is 12.6. The lowest BCUT2D eigenvalue weighted by atomic mass is 10.1. The SMILES string of the molecule is NC(=NO)c1ccc(CN(Cc2cccs2)C2CC2)cc1. The molecule has 1 aromatic heterocycles. The molecule has 1 heterocycles. The Morgan fingerprint density at radius 3 is 2.57 bits per heavy atom. The van der Waals surface area contributed by atoms with Crippen molar-refractivity contribution in [1.29, 1.82) is 0 Å². The Bertz CT molecular complexity index is 603. The van der Waals surface area contributed by atoms with Gasteiger partial charge in [0.1, 0.15) is 0 Å². The van der Waals surface area contributed by atoms with Gasteiger partial charge in [-0.2, -0.15) is 0 Å². The van der Waals surface area contributed by atoms with Gasteiger partial charge in [-0.1, -0.05) is 35.5 Å². The van der Waals surface area contributed by atoms with Crippen molar-refractivity contribution in [3.05, 3.63) is 57.8 Å². The van der Waals surface area contributed by atoms with Gasteiger partial charge >= 0.3 is 0 Å². The molecule has 0 spiro atoms. The van der Waals surface area contributed by atoms with E-state index in [1.165, 1.54) is 23.3 Å². The molecule has 3 N–H and O–H groups in total. The lowest BCUT2D eigenvalue weighted by Crippen LogP contribution is -2.24. The Kier molecular flexibility index (Phi) is 4.22. The van der Waals surface area contributed by atoms with E-state index in [1.54, 1.807) is 0 Å². The second-order valence-electron chi connectivity index (χ2n) is 5.40. The van der Waals surface area contributed by atoms with Gasteiger partial charge in [-0.15, -0.1) is 11.3 Å². The summed E-state index contributed by atoms with van der Waals surface area (Å²) in [6, 6.07) is 12.9. The van der Waals surface area contributed by atoms with Crippen molar-refractivity contribution in [3.8, 4) is 0 Å². The van der Waals surface area contributed by atoms with Gasteiger partial charge in [0.2, 0.25) is 0 Å². The monoisotopic (exact) mass is 301 g/mol. The van der Waals surface area contributed by atoms with Crippen LogP contribution in [-0.4, -0.2) is 22.0 Å². The Balaban J connectivity index is 1.68. The molecule has 0 amide bonds. The van der Waals surface area contributed by atoms with Crippen molar-refractivity contribution in [2.45, 2.75) is 32.0 Å². The molecule has 0 atom stereocenters. The highest BCUT2D eigenvalue weighted by molar-refractivity contribution is 7.09. The molecule has 4 nitrogen and oxygen atoms in total. The molecule has 21 heavy (non-hydrogen) atoms. The number of hydrogen-bond acceptors (Lipinski definition) is 4. The first-order valence-corrected chi connectivity index (χ1v) is 7.97. The molecule has 1 aromatic carbocycles. The molecule has 5 heteroatoms. The van der Waals surface area contributed by atoms with Crippen LogP contribution < -0.4 is 5.73 Å². The number of hydrogen-bond donors (Lipinski definition) is 2. The summed E-state index contributed by atoms with van der Waals surface area (Å²) in [5.74, 6) is 0.152. The van der Waals surface area contributed by atoms with Crippen LogP contribution in [0.15, 0.2) is 46.9 Å². The van der Waals surface area contributed by atoms with Crippen LogP contribution in [0.2, 0.25) is 0 Å². The average Bonchev–Trinajstić information content (AvgIpc) is 3.24. The number of amidine groups is 1. The van der Waals surface area contributed by atoms with Crippen LogP contribution in [0.4, 0.5) is 0 Å². The summed E-state index contributed by atoms with van der Waals surface area (Å²) in [4.78, 5) is 3.94. The van der Waals surface area contributed by atoms with Crippen LogP contribution in [-0.2, 0) is 13.1 Å². The maximum Gasteiger partial charge on any atom is 0.170 e. The van der Waals surface area contributed by atoms with Crippen molar-refractivity contribution in [3.63, 3.8) is 0 Å². The van der Waals surface area contributed by atoms with Gasteiger partial charge in [0.05, 0.1) is 0 Å². The predicted octanol–water partition coefficient (Wildman–Crippen LogP) is 3.01. The van der Waals surface area contributed by atoms with E-state index in [9.17, 15) is 0 Å². The zero-order valence-electron chi connectivity index (χ0n) is 11.8. The summed E-state index contributed by atoms with van der Waals surface area (Å²) in [6.45, 7) is 1.96. The van der Waals surface area contributed by atoms with Crippen LogP contribution in [0.1, 0.15) is 28.8 Å². The molecular formula is C16H19N3OS. The molecule has 2 aromatic rings. The summed E-state index contributed by atoms with van der Waals surface area (Å²) < 4.78 is 0. The summed E-state index contributed by atoms with van der Waals surface area (Å²) in [5.41, 5.74) is 7.59. The van der Waals surface area contributed by atoms with Crippen molar-refractivity contribution in [1.82, 2.24) is 4.90 Å². The smallest absolute Gasteiger partial charge is 0.170 e. The van der Waals surface area contributed by atoms with Gasteiger partial charge in [0.15, 0.2) is 5.84 Å². The minimum absolute atomic E-state index is 0.152. The van der Waals surface area contributed by atoms with Crippen LogP contribution in [0.3, 0.4) is 0 Å². The summed E-state index contributed by atoms with van der Waals surface area (Å²) in [5, 5.41) is 13.8. The minimum atomic E-state index is 0.152. The third-order valence-corrected chi connectivity index (χ3v) is 4.61. The van der Waals surface area contributed by atoms with E-state index in [0.717, 1.165) is 24.7 Å². The molecule has 0 unspecified atom stereocenters. The van der Waals surface area contributed by atoms with E-state index in [-0.39, 0.29) is 5.84 Å². The molecule has 0 aliphatic heterocycles. The van der Waals surface area contributed by atoms with E-state index in [1.807, 2.05) is 23.5 Å². The fraction of sp³-hybridized carbons (Fsp3) is 0.312. The number of thiophene rings is 1. The van der Waals surface area contributed by atoms with E-state index in [2.05, 4.69) is 39.7 Å². The summed E-state index contributed by atoms with van der Waals surface area (Å²) in [7, 11) is 0. The quantitative estimate of drug-likeness (QED) is 0.373. The molecule has 1 saturated carbocycles. The minimum Gasteiger partial charge on any atom is -0.409 e. The first-order valence-electron chi connectivity index (χ1n) is 7.09. The highest BCUT2D eigenvalue weighted by atomic mass is 32.1. The van der Waals surface area contributed by atoms with E-state index < -0.39 is 0 Å². The van der Waals surface area contributed by atoms with E-state index >= 15 is 0 Å². The molecule has 0 saturated heterocycles. The van der Waals surface area contributed by atoms with Crippen molar-refractivity contribution in [2.24, 2.45) is 10.9 Å². The standard InChI is InChI=1S/C16H19N3OS/c17-16(18-20)13-5-3-12(4-6-13)10-19(14-7-8-14)11-15-2-1-9-21-15/h1-6,9,14,20H,7-8,10-11H2,(H2,17,18). The molecule has 1 fully saturated rings. The normalized spacial score (nSPS) is 15.6. The molecule has 110 valence electrons. The summed E-state index contributed by atoms with van der Waals surface area (Å²) >= 11 is 1.81. The van der Waals surface area contributed by atoms with Gasteiger partial charge in [-0.25, -0.2) is 0 Å². The Morgan fingerprint density at radius 2 is 2.00 bits per heavy atom. The third kappa shape index (κ3) is 3.62. The topological polar surface area (TPSA) is 61.9 Å². The van der Waals surface area contributed by atoms with Gasteiger partial charge < -0.3 is 10.9 Å². The lowest BCUT2D eigenvalue weighted by molar-refractivity contribution is 0.248. The van der Waals surface area contributed by atoms with Gasteiger partial charge in [0.25, 0.3) is 0 Å². The highest BCUT2D eigenvalue weighted by Gasteiger charge is 2.29. The van der Waals surface area contributed by atoms with Crippen LogP contribution >= 0.6 is 11.3 Å². The summed E-state index contributed by atoms with van der Waals surface area (Å²) in [6.07, 6.45) is 2.60. The van der Waals surface area contributed by atoms with Crippen molar-refractivity contribution >= 4 is 17.2 Å². The lowest BCUT2D eigenvalue weighted by Gasteiger charge is -2.21. The Morgan fingerprint density at radius 1 is 1.24 bits per heavy atom. The van der Waals surface area contributed by atoms with Gasteiger partial charge in [-0.3, -0.25) is 4.90 Å². The predicted molar refractivity (Wildman–Crippen MR) is 85.5 cm³/mol. The van der Waals surface area contributed by atoms with E-state index in [4.69, 9.17) is 10.9 Å². The molecule has 0 radical (unpaired) electrons. The molecule has 1 aliphatic rings. The second-order valence-corrected chi connectivity index (χ2v) is 6.43. The number of benzene rings is 1. The van der Waals surface area contributed by atoms with E-state index in [0.29, 0.717) is 0 Å². The highest BCUT2D eigenvalue weighted by Crippen LogP contribution is 2.30.